The summed E-state index contributed by atoms with van der Waals surface area (Å²) in [5.41, 5.74) is 2.51. The van der Waals surface area contributed by atoms with Crippen molar-refractivity contribution < 1.29 is 13.2 Å². The summed E-state index contributed by atoms with van der Waals surface area (Å²) in [6.45, 7) is 3.45. The van der Waals surface area contributed by atoms with E-state index < -0.39 is 10.0 Å². The van der Waals surface area contributed by atoms with E-state index in [-0.39, 0.29) is 0 Å². The normalized spacial score (nSPS) is 20.0. The van der Waals surface area contributed by atoms with Crippen LogP contribution in [0.2, 0.25) is 0 Å². The van der Waals surface area contributed by atoms with Crippen molar-refractivity contribution in [2.24, 2.45) is 0 Å². The summed E-state index contributed by atoms with van der Waals surface area (Å²) in [6, 6.07) is 5.95. The van der Waals surface area contributed by atoms with E-state index in [4.69, 9.17) is 4.74 Å². The fourth-order valence-electron chi connectivity index (χ4n) is 2.16. The van der Waals surface area contributed by atoms with Gasteiger partial charge in [0.1, 0.15) is 0 Å². The van der Waals surface area contributed by atoms with E-state index in [9.17, 15) is 8.42 Å². The van der Waals surface area contributed by atoms with Gasteiger partial charge in [-0.25, -0.2) is 8.42 Å². The molecule has 2 N–H and O–H groups in total. The first-order valence-corrected chi connectivity index (χ1v) is 8.26. The summed E-state index contributed by atoms with van der Waals surface area (Å²) in [5, 5.41) is 3.41. The van der Waals surface area contributed by atoms with Gasteiger partial charge in [0.25, 0.3) is 0 Å². The number of hydrogen-bond acceptors (Lipinski definition) is 4. The van der Waals surface area contributed by atoms with Crippen molar-refractivity contribution in [1.82, 2.24) is 0 Å². The molecule has 0 saturated carbocycles. The molecule has 1 aromatic rings. The van der Waals surface area contributed by atoms with Crippen LogP contribution in [0.1, 0.15) is 18.4 Å². The van der Waals surface area contributed by atoms with Gasteiger partial charge in [0.05, 0.1) is 18.6 Å². The maximum absolute atomic E-state index is 11.2. The molecule has 1 saturated heterocycles. The molecule has 6 heteroatoms. The van der Waals surface area contributed by atoms with Crippen LogP contribution < -0.4 is 10.0 Å². The van der Waals surface area contributed by atoms with Crippen molar-refractivity contribution in [1.29, 1.82) is 0 Å². The topological polar surface area (TPSA) is 67.4 Å². The third-order valence-electron chi connectivity index (χ3n) is 3.05. The number of aryl methyl sites for hydroxylation is 1. The van der Waals surface area contributed by atoms with Gasteiger partial charge in [-0.15, -0.1) is 0 Å². The van der Waals surface area contributed by atoms with Gasteiger partial charge in [-0.3, -0.25) is 4.72 Å². The molecule has 19 heavy (non-hydrogen) atoms. The molecule has 1 aliphatic heterocycles. The number of sulfonamides is 1. The average Bonchev–Trinajstić information content (AvgIpc) is 2.33. The lowest BCUT2D eigenvalue weighted by atomic mass is 10.1. The van der Waals surface area contributed by atoms with Crippen molar-refractivity contribution in [3.05, 3.63) is 23.8 Å². The fourth-order valence-corrected chi connectivity index (χ4v) is 2.79. The van der Waals surface area contributed by atoms with Crippen LogP contribution in [0.4, 0.5) is 11.4 Å². The summed E-state index contributed by atoms with van der Waals surface area (Å²) < 4.78 is 30.3. The minimum Gasteiger partial charge on any atom is -0.380 e. The van der Waals surface area contributed by atoms with Crippen LogP contribution in [-0.4, -0.2) is 33.9 Å². The van der Waals surface area contributed by atoms with Gasteiger partial charge in [0.2, 0.25) is 10.0 Å². The molecule has 1 aromatic carbocycles. The third-order valence-corrected chi connectivity index (χ3v) is 3.64. The first-order chi connectivity index (χ1) is 8.94. The Morgan fingerprint density at radius 3 is 2.74 bits per heavy atom. The number of anilines is 2. The summed E-state index contributed by atoms with van der Waals surface area (Å²) >= 11 is 0. The molecule has 5 nitrogen and oxygen atoms in total. The second-order valence-electron chi connectivity index (χ2n) is 4.96. The lowest BCUT2D eigenvalue weighted by Crippen LogP contribution is -2.29. The van der Waals surface area contributed by atoms with Crippen molar-refractivity contribution in [2.45, 2.75) is 25.8 Å². The standard InChI is InChI=1S/C13H20N2O3S/c1-10-8-11(14-12-4-3-7-18-9-12)5-6-13(10)15-19(2,16)17/h5-6,8,12,14-15H,3-4,7,9H2,1-2H3. The first-order valence-electron chi connectivity index (χ1n) is 6.37. The van der Waals surface area contributed by atoms with E-state index in [0.717, 1.165) is 43.6 Å². The van der Waals surface area contributed by atoms with E-state index in [1.54, 1.807) is 6.07 Å². The fraction of sp³-hybridized carbons (Fsp3) is 0.538. The maximum Gasteiger partial charge on any atom is 0.229 e. The summed E-state index contributed by atoms with van der Waals surface area (Å²) in [6.07, 6.45) is 3.32. The van der Waals surface area contributed by atoms with Crippen molar-refractivity contribution in [2.75, 3.05) is 29.5 Å². The summed E-state index contributed by atoms with van der Waals surface area (Å²) in [5.74, 6) is 0. The van der Waals surface area contributed by atoms with Crippen molar-refractivity contribution >= 4 is 21.4 Å². The number of hydrogen-bond donors (Lipinski definition) is 2. The molecule has 106 valence electrons. The Bertz CT molecular complexity index is 537. The molecule has 1 atom stereocenters. The molecular weight excluding hydrogens is 264 g/mol. The Balaban J connectivity index is 2.05. The van der Waals surface area contributed by atoms with E-state index in [2.05, 4.69) is 10.0 Å². The highest BCUT2D eigenvalue weighted by molar-refractivity contribution is 7.92. The second-order valence-corrected chi connectivity index (χ2v) is 6.71. The Kier molecular flexibility index (Phi) is 4.31. The minimum absolute atomic E-state index is 0.335. The van der Waals surface area contributed by atoms with E-state index in [1.165, 1.54) is 0 Å². The van der Waals surface area contributed by atoms with Crippen LogP contribution in [0, 0.1) is 6.92 Å². The maximum atomic E-state index is 11.2. The molecule has 0 aromatic heterocycles. The van der Waals surface area contributed by atoms with Crippen LogP contribution in [0.5, 0.6) is 0 Å². The van der Waals surface area contributed by atoms with E-state index in [0.29, 0.717) is 11.7 Å². The molecule has 1 aliphatic rings. The Labute approximate surface area is 114 Å². The van der Waals surface area contributed by atoms with E-state index >= 15 is 0 Å². The van der Waals surface area contributed by atoms with Crippen LogP contribution in [0.3, 0.4) is 0 Å². The predicted molar refractivity (Wildman–Crippen MR) is 77.1 cm³/mol. The molecule has 0 spiro atoms. The largest absolute Gasteiger partial charge is 0.380 e. The van der Waals surface area contributed by atoms with Crippen molar-refractivity contribution in [3.63, 3.8) is 0 Å². The molecule has 1 heterocycles. The Hall–Kier alpha value is -1.27. The highest BCUT2D eigenvalue weighted by Gasteiger charge is 2.14. The average molecular weight is 284 g/mol. The molecule has 0 bridgehead atoms. The van der Waals surface area contributed by atoms with Crippen LogP contribution in [-0.2, 0) is 14.8 Å². The quantitative estimate of drug-likeness (QED) is 0.887. The monoisotopic (exact) mass is 284 g/mol. The number of nitrogens with one attached hydrogen (secondary N) is 2. The predicted octanol–water partition coefficient (Wildman–Crippen LogP) is 1.96. The lowest BCUT2D eigenvalue weighted by Gasteiger charge is -2.24. The number of ether oxygens (including phenoxy) is 1. The lowest BCUT2D eigenvalue weighted by molar-refractivity contribution is 0.0876. The molecular formula is C13H20N2O3S. The third kappa shape index (κ3) is 4.40. The molecule has 0 aliphatic carbocycles. The smallest absolute Gasteiger partial charge is 0.229 e. The van der Waals surface area contributed by atoms with Gasteiger partial charge < -0.3 is 10.1 Å². The first kappa shape index (κ1) is 14.1. The van der Waals surface area contributed by atoms with Crippen LogP contribution >= 0.6 is 0 Å². The van der Waals surface area contributed by atoms with E-state index in [1.807, 2.05) is 19.1 Å². The highest BCUT2D eigenvalue weighted by Crippen LogP contribution is 2.22. The Morgan fingerprint density at radius 1 is 1.37 bits per heavy atom. The van der Waals surface area contributed by atoms with Gasteiger partial charge in [-0.1, -0.05) is 0 Å². The zero-order chi connectivity index (χ0) is 13.9. The number of rotatable bonds is 4. The highest BCUT2D eigenvalue weighted by atomic mass is 32.2. The van der Waals surface area contributed by atoms with Crippen molar-refractivity contribution in [3.8, 4) is 0 Å². The second kappa shape index (κ2) is 5.79. The SMILES string of the molecule is Cc1cc(NC2CCCOC2)ccc1NS(C)(=O)=O. The molecule has 0 amide bonds. The van der Waals surface area contributed by atoms with Gasteiger partial charge in [0.15, 0.2) is 0 Å². The van der Waals surface area contributed by atoms with Crippen LogP contribution in [0.25, 0.3) is 0 Å². The Morgan fingerprint density at radius 2 is 2.16 bits per heavy atom. The molecule has 0 radical (unpaired) electrons. The molecule has 1 unspecified atom stereocenters. The van der Waals surface area contributed by atoms with Gasteiger partial charge in [0, 0.05) is 18.3 Å². The summed E-state index contributed by atoms with van der Waals surface area (Å²) in [4.78, 5) is 0. The summed E-state index contributed by atoms with van der Waals surface area (Å²) in [7, 11) is -3.23. The van der Waals surface area contributed by atoms with Gasteiger partial charge in [-0.2, -0.15) is 0 Å². The molecule has 1 fully saturated rings. The zero-order valence-corrected chi connectivity index (χ0v) is 12.1. The minimum atomic E-state index is -3.23. The zero-order valence-electron chi connectivity index (χ0n) is 11.3. The molecule has 2 rings (SSSR count). The van der Waals surface area contributed by atoms with Crippen LogP contribution in [0.15, 0.2) is 18.2 Å². The van der Waals surface area contributed by atoms with Gasteiger partial charge in [-0.05, 0) is 43.5 Å². The number of benzene rings is 1. The van der Waals surface area contributed by atoms with Gasteiger partial charge >= 0.3 is 0 Å².